The predicted molar refractivity (Wildman–Crippen MR) is 93.5 cm³/mol. The van der Waals surface area contributed by atoms with E-state index < -0.39 is 0 Å². The smallest absolute Gasteiger partial charge is 0.0383 e. The largest absolute Gasteiger partial charge is 0.364 e. The summed E-state index contributed by atoms with van der Waals surface area (Å²) in [5, 5.41) is 3.51. The molecule has 0 aliphatic carbocycles. The standard InChI is InChI=1S/C17H25BrN2/c1-5-10-19-14(4)16-9-8-15(13-17(16)18)20(11-6-2)12-7-3/h6-9,13-14,19H,2-3,5,10-12H2,1,4H3. The Morgan fingerprint density at radius 1 is 1.30 bits per heavy atom. The number of hydrogen-bond acceptors (Lipinski definition) is 2. The number of nitrogens with zero attached hydrogens (tertiary/aromatic N) is 1. The summed E-state index contributed by atoms with van der Waals surface area (Å²) in [4.78, 5) is 2.23. The van der Waals surface area contributed by atoms with Crippen LogP contribution in [0.1, 0.15) is 31.9 Å². The Balaban J connectivity index is 2.90. The fraction of sp³-hybridized carbons (Fsp3) is 0.412. The minimum atomic E-state index is 0.352. The number of rotatable bonds is 9. The lowest BCUT2D eigenvalue weighted by Gasteiger charge is -2.23. The van der Waals surface area contributed by atoms with E-state index in [0.29, 0.717) is 6.04 Å². The Morgan fingerprint density at radius 2 is 1.95 bits per heavy atom. The van der Waals surface area contributed by atoms with Gasteiger partial charge in [0.15, 0.2) is 0 Å². The zero-order chi connectivity index (χ0) is 15.0. The van der Waals surface area contributed by atoms with Crippen LogP contribution in [-0.4, -0.2) is 19.6 Å². The summed E-state index contributed by atoms with van der Waals surface area (Å²) < 4.78 is 1.14. The van der Waals surface area contributed by atoms with Gasteiger partial charge in [-0.2, -0.15) is 0 Å². The van der Waals surface area contributed by atoms with E-state index in [-0.39, 0.29) is 0 Å². The van der Waals surface area contributed by atoms with Gasteiger partial charge in [-0.15, -0.1) is 13.2 Å². The Morgan fingerprint density at radius 3 is 2.45 bits per heavy atom. The highest BCUT2D eigenvalue weighted by Gasteiger charge is 2.11. The van der Waals surface area contributed by atoms with Crippen LogP contribution in [-0.2, 0) is 0 Å². The van der Waals surface area contributed by atoms with Gasteiger partial charge < -0.3 is 10.2 Å². The van der Waals surface area contributed by atoms with Crippen LogP contribution in [0.4, 0.5) is 5.69 Å². The summed E-state index contributed by atoms with van der Waals surface area (Å²) >= 11 is 3.69. The highest BCUT2D eigenvalue weighted by atomic mass is 79.9. The van der Waals surface area contributed by atoms with Crippen molar-refractivity contribution in [1.82, 2.24) is 5.32 Å². The molecule has 1 atom stereocenters. The highest BCUT2D eigenvalue weighted by Crippen LogP contribution is 2.28. The van der Waals surface area contributed by atoms with E-state index in [9.17, 15) is 0 Å². The second-order valence-corrected chi connectivity index (χ2v) is 5.72. The SMILES string of the molecule is C=CCN(CC=C)c1ccc(C(C)NCCC)c(Br)c1. The first-order valence-electron chi connectivity index (χ1n) is 7.13. The van der Waals surface area contributed by atoms with Crippen LogP contribution >= 0.6 is 15.9 Å². The topological polar surface area (TPSA) is 15.3 Å². The third kappa shape index (κ3) is 4.80. The minimum Gasteiger partial charge on any atom is -0.364 e. The van der Waals surface area contributed by atoms with E-state index in [0.717, 1.165) is 30.5 Å². The van der Waals surface area contributed by atoms with Crippen LogP contribution in [0.3, 0.4) is 0 Å². The van der Waals surface area contributed by atoms with Gasteiger partial charge in [0.25, 0.3) is 0 Å². The van der Waals surface area contributed by atoms with Crippen molar-refractivity contribution < 1.29 is 0 Å². The summed E-state index contributed by atoms with van der Waals surface area (Å²) in [5.41, 5.74) is 2.47. The van der Waals surface area contributed by atoms with E-state index >= 15 is 0 Å². The van der Waals surface area contributed by atoms with Gasteiger partial charge in [-0.3, -0.25) is 0 Å². The molecule has 3 heteroatoms. The van der Waals surface area contributed by atoms with E-state index in [1.54, 1.807) is 0 Å². The molecule has 0 aromatic heterocycles. The van der Waals surface area contributed by atoms with Crippen LogP contribution in [0.15, 0.2) is 48.0 Å². The maximum Gasteiger partial charge on any atom is 0.0383 e. The number of nitrogens with one attached hydrogen (secondary N) is 1. The summed E-state index contributed by atoms with van der Waals surface area (Å²) in [6, 6.07) is 6.88. The molecule has 0 bridgehead atoms. The van der Waals surface area contributed by atoms with Gasteiger partial charge in [-0.05, 0) is 37.6 Å². The fourth-order valence-corrected chi connectivity index (χ4v) is 2.84. The van der Waals surface area contributed by atoms with Gasteiger partial charge in [0.1, 0.15) is 0 Å². The lowest BCUT2D eigenvalue weighted by molar-refractivity contribution is 0.569. The van der Waals surface area contributed by atoms with E-state index in [4.69, 9.17) is 0 Å². The number of halogens is 1. The molecule has 0 saturated carbocycles. The zero-order valence-electron chi connectivity index (χ0n) is 12.5. The Bertz CT molecular complexity index is 433. The van der Waals surface area contributed by atoms with Crippen molar-refractivity contribution in [2.45, 2.75) is 26.3 Å². The maximum absolute atomic E-state index is 3.81. The second kappa shape index (κ2) is 8.98. The van der Waals surface area contributed by atoms with E-state index in [1.807, 2.05) is 12.2 Å². The van der Waals surface area contributed by atoms with Crippen LogP contribution in [0, 0.1) is 0 Å². The average Bonchev–Trinajstić information content (AvgIpc) is 2.44. The van der Waals surface area contributed by atoms with Crippen molar-refractivity contribution in [3.8, 4) is 0 Å². The van der Waals surface area contributed by atoms with Crippen LogP contribution in [0.25, 0.3) is 0 Å². The lowest BCUT2D eigenvalue weighted by atomic mass is 10.1. The van der Waals surface area contributed by atoms with Crippen LogP contribution < -0.4 is 10.2 Å². The van der Waals surface area contributed by atoms with Gasteiger partial charge in [0, 0.05) is 29.3 Å². The van der Waals surface area contributed by atoms with Crippen molar-refractivity contribution in [3.63, 3.8) is 0 Å². The molecule has 0 saturated heterocycles. The molecule has 2 nitrogen and oxygen atoms in total. The fourth-order valence-electron chi connectivity index (χ4n) is 2.13. The van der Waals surface area contributed by atoms with Gasteiger partial charge in [0.2, 0.25) is 0 Å². The summed E-state index contributed by atoms with van der Waals surface area (Å²) in [5.74, 6) is 0. The molecule has 0 heterocycles. The van der Waals surface area contributed by atoms with Crippen molar-refractivity contribution >= 4 is 21.6 Å². The summed E-state index contributed by atoms with van der Waals surface area (Å²) in [6.07, 6.45) is 4.97. The molecule has 1 N–H and O–H groups in total. The molecule has 0 spiro atoms. The summed E-state index contributed by atoms with van der Waals surface area (Å²) in [7, 11) is 0. The Labute approximate surface area is 131 Å². The van der Waals surface area contributed by atoms with Gasteiger partial charge >= 0.3 is 0 Å². The van der Waals surface area contributed by atoms with Gasteiger partial charge in [0.05, 0.1) is 0 Å². The van der Waals surface area contributed by atoms with Crippen LogP contribution in [0.2, 0.25) is 0 Å². The molecular weight excluding hydrogens is 312 g/mol. The number of hydrogen-bond donors (Lipinski definition) is 1. The third-order valence-electron chi connectivity index (χ3n) is 3.22. The van der Waals surface area contributed by atoms with Gasteiger partial charge in [-0.25, -0.2) is 0 Å². The molecule has 1 rings (SSSR count). The molecular formula is C17H25BrN2. The quantitative estimate of drug-likeness (QED) is 0.658. The molecule has 1 aromatic rings. The van der Waals surface area contributed by atoms with Crippen molar-refractivity contribution in [3.05, 3.63) is 53.5 Å². The highest BCUT2D eigenvalue weighted by molar-refractivity contribution is 9.10. The molecule has 0 amide bonds. The van der Waals surface area contributed by atoms with Crippen molar-refractivity contribution in [2.24, 2.45) is 0 Å². The second-order valence-electron chi connectivity index (χ2n) is 4.86. The zero-order valence-corrected chi connectivity index (χ0v) is 14.1. The Hall–Kier alpha value is -1.06. The number of anilines is 1. The first kappa shape index (κ1) is 17.0. The van der Waals surface area contributed by atoms with E-state index in [2.05, 4.69) is 71.4 Å². The molecule has 1 unspecified atom stereocenters. The third-order valence-corrected chi connectivity index (χ3v) is 3.90. The van der Waals surface area contributed by atoms with E-state index in [1.165, 1.54) is 11.3 Å². The predicted octanol–water partition coefficient (Wildman–Crippen LogP) is 4.69. The van der Waals surface area contributed by atoms with Crippen molar-refractivity contribution in [1.29, 1.82) is 0 Å². The van der Waals surface area contributed by atoms with Gasteiger partial charge in [-0.1, -0.05) is 41.1 Å². The summed E-state index contributed by atoms with van der Waals surface area (Å²) in [6.45, 7) is 14.7. The molecule has 0 fully saturated rings. The Kier molecular flexibility index (Phi) is 7.63. The average molecular weight is 337 g/mol. The molecule has 110 valence electrons. The molecule has 0 aliphatic rings. The minimum absolute atomic E-state index is 0.352. The maximum atomic E-state index is 3.81. The molecule has 20 heavy (non-hydrogen) atoms. The first-order chi connectivity index (χ1) is 9.63. The first-order valence-corrected chi connectivity index (χ1v) is 7.92. The number of benzene rings is 1. The monoisotopic (exact) mass is 336 g/mol. The van der Waals surface area contributed by atoms with Crippen LogP contribution in [0.5, 0.6) is 0 Å². The van der Waals surface area contributed by atoms with Crippen molar-refractivity contribution in [2.75, 3.05) is 24.5 Å². The normalized spacial score (nSPS) is 11.9. The molecule has 0 radical (unpaired) electrons. The molecule has 1 aromatic carbocycles. The lowest BCUT2D eigenvalue weighted by Crippen LogP contribution is -2.23. The molecule has 0 aliphatic heterocycles.